The minimum absolute atomic E-state index is 0.185. The Labute approximate surface area is 122 Å². The topological polar surface area (TPSA) is 39.2 Å². The van der Waals surface area contributed by atoms with Crippen molar-refractivity contribution in [1.82, 2.24) is 0 Å². The number of rotatable bonds is 2. The molecule has 2 heteroatoms. The highest BCUT2D eigenvalue weighted by atomic mass is 16.3. The molecule has 0 spiro atoms. The number of fused-ring (bicyclic) bond motifs is 3. The molecule has 3 aromatic carbocycles. The van der Waals surface area contributed by atoms with E-state index in [1.54, 1.807) is 0 Å². The Balaban J connectivity index is 1.97. The standard InChI is InChI=1S/C19H15NO/c20-18(13-7-2-1-3-8-13)16-11-6-10-15-14-9-4-5-12-17(14)21-19(15)16/h1-12,18H,20H2. The van der Waals surface area contributed by atoms with Crippen LogP contribution in [0.4, 0.5) is 0 Å². The Kier molecular flexibility index (Phi) is 2.76. The number of nitrogens with two attached hydrogens (primary N) is 1. The maximum absolute atomic E-state index is 6.44. The molecule has 1 unspecified atom stereocenters. The van der Waals surface area contributed by atoms with Gasteiger partial charge in [0.15, 0.2) is 0 Å². The molecule has 0 saturated carbocycles. The van der Waals surface area contributed by atoms with Crippen LogP contribution in [0.5, 0.6) is 0 Å². The van der Waals surface area contributed by atoms with Crippen LogP contribution in [0.25, 0.3) is 21.9 Å². The van der Waals surface area contributed by atoms with Crippen LogP contribution >= 0.6 is 0 Å². The van der Waals surface area contributed by atoms with Gasteiger partial charge in [0.25, 0.3) is 0 Å². The summed E-state index contributed by atoms with van der Waals surface area (Å²) in [5.41, 5.74) is 10.3. The predicted octanol–water partition coefficient (Wildman–Crippen LogP) is 4.63. The number of hydrogen-bond acceptors (Lipinski definition) is 2. The summed E-state index contributed by atoms with van der Waals surface area (Å²) in [6.07, 6.45) is 0. The fourth-order valence-corrected chi connectivity index (χ4v) is 2.85. The van der Waals surface area contributed by atoms with Gasteiger partial charge in [-0.25, -0.2) is 0 Å². The van der Waals surface area contributed by atoms with Crippen molar-refractivity contribution in [2.75, 3.05) is 0 Å². The van der Waals surface area contributed by atoms with E-state index in [1.165, 1.54) is 0 Å². The maximum Gasteiger partial charge on any atom is 0.140 e. The van der Waals surface area contributed by atoms with Crippen LogP contribution in [0, 0.1) is 0 Å². The fourth-order valence-electron chi connectivity index (χ4n) is 2.85. The van der Waals surface area contributed by atoms with Crippen molar-refractivity contribution >= 4 is 21.9 Å². The molecule has 1 heterocycles. The first-order valence-electron chi connectivity index (χ1n) is 7.05. The summed E-state index contributed by atoms with van der Waals surface area (Å²) in [5.74, 6) is 0. The molecule has 0 bridgehead atoms. The Morgan fingerprint density at radius 2 is 1.43 bits per heavy atom. The van der Waals surface area contributed by atoms with Gasteiger partial charge in [-0.1, -0.05) is 66.7 Å². The maximum atomic E-state index is 6.44. The van der Waals surface area contributed by atoms with Crippen LogP contribution < -0.4 is 5.73 Å². The second-order valence-corrected chi connectivity index (χ2v) is 5.21. The van der Waals surface area contributed by atoms with E-state index in [0.29, 0.717) is 0 Å². The lowest BCUT2D eigenvalue weighted by Gasteiger charge is -2.12. The van der Waals surface area contributed by atoms with Gasteiger partial charge in [0.2, 0.25) is 0 Å². The van der Waals surface area contributed by atoms with E-state index in [9.17, 15) is 0 Å². The molecule has 1 aromatic heterocycles. The SMILES string of the molecule is NC(c1ccccc1)c1cccc2c1oc1ccccc12. The summed E-state index contributed by atoms with van der Waals surface area (Å²) < 4.78 is 6.05. The second-order valence-electron chi connectivity index (χ2n) is 5.21. The van der Waals surface area contributed by atoms with E-state index in [2.05, 4.69) is 12.1 Å². The third-order valence-corrected chi connectivity index (χ3v) is 3.93. The van der Waals surface area contributed by atoms with Gasteiger partial charge in [0.1, 0.15) is 11.2 Å². The molecule has 0 amide bonds. The second kappa shape index (κ2) is 4.76. The summed E-state index contributed by atoms with van der Waals surface area (Å²) in [4.78, 5) is 0. The highest BCUT2D eigenvalue weighted by molar-refractivity contribution is 6.05. The van der Waals surface area contributed by atoms with Crippen LogP contribution in [0.1, 0.15) is 17.2 Å². The van der Waals surface area contributed by atoms with E-state index < -0.39 is 0 Å². The van der Waals surface area contributed by atoms with Gasteiger partial charge in [-0.2, -0.15) is 0 Å². The van der Waals surface area contributed by atoms with Crippen LogP contribution in [0.3, 0.4) is 0 Å². The highest BCUT2D eigenvalue weighted by Gasteiger charge is 2.16. The van der Waals surface area contributed by atoms with Crippen LogP contribution in [0.15, 0.2) is 77.2 Å². The molecule has 21 heavy (non-hydrogen) atoms. The molecule has 2 nitrogen and oxygen atoms in total. The van der Waals surface area contributed by atoms with Crippen LogP contribution in [-0.4, -0.2) is 0 Å². The molecule has 1 atom stereocenters. The Morgan fingerprint density at radius 3 is 2.29 bits per heavy atom. The Hall–Kier alpha value is -2.58. The number of furan rings is 1. The summed E-state index contributed by atoms with van der Waals surface area (Å²) >= 11 is 0. The summed E-state index contributed by atoms with van der Waals surface area (Å²) in [7, 11) is 0. The van der Waals surface area contributed by atoms with Gasteiger partial charge in [-0.3, -0.25) is 0 Å². The molecule has 4 aromatic rings. The van der Waals surface area contributed by atoms with Crippen LogP contribution in [0.2, 0.25) is 0 Å². The van der Waals surface area contributed by atoms with E-state index in [4.69, 9.17) is 10.2 Å². The average molecular weight is 273 g/mol. The first-order chi connectivity index (χ1) is 10.3. The van der Waals surface area contributed by atoms with Crippen molar-refractivity contribution in [3.63, 3.8) is 0 Å². The molecule has 0 fully saturated rings. The smallest absolute Gasteiger partial charge is 0.140 e. The molecule has 4 rings (SSSR count). The molecule has 2 N–H and O–H groups in total. The first-order valence-corrected chi connectivity index (χ1v) is 7.05. The zero-order chi connectivity index (χ0) is 14.2. The van der Waals surface area contributed by atoms with E-state index in [0.717, 1.165) is 33.1 Å². The van der Waals surface area contributed by atoms with Crippen molar-refractivity contribution in [3.8, 4) is 0 Å². The first kappa shape index (κ1) is 12.2. The Bertz CT molecular complexity index is 909. The van der Waals surface area contributed by atoms with Crippen molar-refractivity contribution < 1.29 is 4.42 Å². The summed E-state index contributed by atoms with van der Waals surface area (Å²) in [6.45, 7) is 0. The summed E-state index contributed by atoms with van der Waals surface area (Å²) in [5, 5.41) is 2.25. The predicted molar refractivity (Wildman–Crippen MR) is 86.2 cm³/mol. The number of hydrogen-bond donors (Lipinski definition) is 1. The molecule has 0 aliphatic carbocycles. The normalized spacial score (nSPS) is 12.8. The summed E-state index contributed by atoms with van der Waals surface area (Å²) in [6, 6.07) is 24.2. The third kappa shape index (κ3) is 1.92. The molecule has 0 radical (unpaired) electrons. The monoisotopic (exact) mass is 273 g/mol. The lowest BCUT2D eigenvalue weighted by molar-refractivity contribution is 0.657. The lowest BCUT2D eigenvalue weighted by atomic mass is 9.97. The van der Waals surface area contributed by atoms with Crippen molar-refractivity contribution in [2.45, 2.75) is 6.04 Å². The molecule has 0 saturated heterocycles. The lowest BCUT2D eigenvalue weighted by Crippen LogP contribution is -2.11. The van der Waals surface area contributed by atoms with Gasteiger partial charge < -0.3 is 10.2 Å². The van der Waals surface area contributed by atoms with E-state index >= 15 is 0 Å². The molecular weight excluding hydrogens is 258 g/mol. The average Bonchev–Trinajstić information content (AvgIpc) is 2.94. The highest BCUT2D eigenvalue weighted by Crippen LogP contribution is 2.34. The Morgan fingerprint density at radius 1 is 0.714 bits per heavy atom. The number of benzene rings is 3. The van der Waals surface area contributed by atoms with E-state index in [1.807, 2.05) is 60.7 Å². The fraction of sp³-hybridized carbons (Fsp3) is 0.0526. The van der Waals surface area contributed by atoms with Gasteiger partial charge in [0, 0.05) is 16.3 Å². The van der Waals surface area contributed by atoms with Gasteiger partial charge in [0.05, 0.1) is 6.04 Å². The van der Waals surface area contributed by atoms with Crippen LogP contribution in [-0.2, 0) is 0 Å². The minimum atomic E-state index is -0.185. The van der Waals surface area contributed by atoms with Gasteiger partial charge in [-0.05, 0) is 11.6 Å². The van der Waals surface area contributed by atoms with Gasteiger partial charge >= 0.3 is 0 Å². The van der Waals surface area contributed by atoms with E-state index in [-0.39, 0.29) is 6.04 Å². The molecular formula is C19H15NO. The molecule has 0 aliphatic heterocycles. The van der Waals surface area contributed by atoms with Crippen molar-refractivity contribution in [2.24, 2.45) is 5.73 Å². The van der Waals surface area contributed by atoms with Crippen molar-refractivity contribution in [3.05, 3.63) is 83.9 Å². The third-order valence-electron chi connectivity index (χ3n) is 3.93. The zero-order valence-corrected chi connectivity index (χ0v) is 11.5. The van der Waals surface area contributed by atoms with Crippen molar-refractivity contribution in [1.29, 1.82) is 0 Å². The number of para-hydroxylation sites is 2. The molecule has 0 aliphatic rings. The largest absolute Gasteiger partial charge is 0.456 e. The zero-order valence-electron chi connectivity index (χ0n) is 11.5. The minimum Gasteiger partial charge on any atom is -0.456 e. The molecule has 102 valence electrons. The quantitative estimate of drug-likeness (QED) is 0.578. The van der Waals surface area contributed by atoms with Gasteiger partial charge in [-0.15, -0.1) is 0 Å².